The maximum atomic E-state index is 14.4. The van der Waals surface area contributed by atoms with Crippen LogP contribution in [0, 0.1) is 12.7 Å². The van der Waals surface area contributed by atoms with Crippen LogP contribution < -0.4 is 16.0 Å². The molecule has 0 radical (unpaired) electrons. The molecule has 44 heavy (non-hydrogen) atoms. The molecule has 0 saturated heterocycles. The first kappa shape index (κ1) is 30.0. The smallest absolute Gasteiger partial charge is 0.272 e. The number of anilines is 2. The third kappa shape index (κ3) is 7.87. The number of carbonyl (C=O) groups excluding carboxylic acids is 3. The number of aryl methyl sites for hydroxylation is 1. The van der Waals surface area contributed by atoms with E-state index in [0.29, 0.717) is 22.8 Å². The maximum absolute atomic E-state index is 14.4. The average molecular weight is 607 g/mol. The summed E-state index contributed by atoms with van der Waals surface area (Å²) >= 11 is 1.33. The summed E-state index contributed by atoms with van der Waals surface area (Å²) in [5.41, 5.74) is 1.59. The largest absolute Gasteiger partial charge is 0.360 e. The zero-order valence-corrected chi connectivity index (χ0v) is 24.3. The van der Waals surface area contributed by atoms with E-state index < -0.39 is 22.9 Å². The lowest BCUT2D eigenvalue weighted by molar-refractivity contribution is -0.116. The van der Waals surface area contributed by atoms with Gasteiger partial charge in [-0.15, -0.1) is 11.8 Å². The number of hydrogen-bond acceptors (Lipinski definition) is 6. The highest BCUT2D eigenvalue weighted by Crippen LogP contribution is 2.36. The van der Waals surface area contributed by atoms with Crippen LogP contribution in [0.25, 0.3) is 6.08 Å². The molecule has 1 aromatic heterocycles. The van der Waals surface area contributed by atoms with Crippen molar-refractivity contribution in [3.05, 3.63) is 149 Å². The molecular formula is C34H27FN4O4S. The van der Waals surface area contributed by atoms with Crippen molar-refractivity contribution in [1.29, 1.82) is 0 Å². The van der Waals surface area contributed by atoms with E-state index in [2.05, 4.69) is 21.1 Å². The van der Waals surface area contributed by atoms with Crippen molar-refractivity contribution in [1.82, 2.24) is 10.5 Å². The summed E-state index contributed by atoms with van der Waals surface area (Å²) in [6.45, 7) is 1.74. The summed E-state index contributed by atoms with van der Waals surface area (Å²) in [6.07, 6.45) is 1.29. The zero-order valence-electron chi connectivity index (χ0n) is 23.5. The lowest BCUT2D eigenvalue weighted by Gasteiger charge is -2.16. The Balaban J connectivity index is 1.33. The molecule has 3 N–H and O–H groups in total. The van der Waals surface area contributed by atoms with Crippen LogP contribution in [0.2, 0.25) is 0 Å². The molecule has 8 nitrogen and oxygen atoms in total. The first-order valence-corrected chi connectivity index (χ1v) is 14.4. The van der Waals surface area contributed by atoms with Gasteiger partial charge in [0.15, 0.2) is 5.82 Å². The van der Waals surface area contributed by atoms with Crippen LogP contribution in [0.5, 0.6) is 0 Å². The molecule has 1 unspecified atom stereocenters. The maximum Gasteiger partial charge on any atom is 0.272 e. The van der Waals surface area contributed by atoms with E-state index in [1.165, 1.54) is 36.0 Å². The van der Waals surface area contributed by atoms with Crippen LogP contribution in [-0.4, -0.2) is 22.9 Å². The van der Waals surface area contributed by atoms with E-state index in [9.17, 15) is 18.8 Å². The van der Waals surface area contributed by atoms with Gasteiger partial charge >= 0.3 is 0 Å². The van der Waals surface area contributed by atoms with Crippen molar-refractivity contribution in [2.45, 2.75) is 17.1 Å². The third-order valence-electron chi connectivity index (χ3n) is 6.32. The number of aromatic nitrogens is 1. The van der Waals surface area contributed by atoms with Gasteiger partial charge in [0.2, 0.25) is 5.91 Å². The van der Waals surface area contributed by atoms with Gasteiger partial charge in [-0.05, 0) is 61.0 Å². The lowest BCUT2D eigenvalue weighted by Crippen LogP contribution is -2.30. The molecular weight excluding hydrogens is 579 g/mol. The predicted octanol–water partition coefficient (Wildman–Crippen LogP) is 7.00. The van der Waals surface area contributed by atoms with Gasteiger partial charge in [-0.1, -0.05) is 71.9 Å². The highest BCUT2D eigenvalue weighted by Gasteiger charge is 2.23. The van der Waals surface area contributed by atoms with Gasteiger partial charge in [-0.2, -0.15) is 0 Å². The molecule has 10 heteroatoms. The Morgan fingerprint density at radius 1 is 0.841 bits per heavy atom. The highest BCUT2D eigenvalue weighted by molar-refractivity contribution is 8.00. The van der Waals surface area contributed by atoms with Crippen molar-refractivity contribution >= 4 is 47.1 Å². The van der Waals surface area contributed by atoms with Crippen LogP contribution in [0.1, 0.15) is 32.5 Å². The van der Waals surface area contributed by atoms with Gasteiger partial charge in [-0.3, -0.25) is 14.4 Å². The fraction of sp³-hybridized carbons (Fsp3) is 0.0588. The number of halogens is 1. The lowest BCUT2D eigenvalue weighted by atomic mass is 10.1. The quantitative estimate of drug-likeness (QED) is 0.117. The molecule has 5 rings (SSSR count). The highest BCUT2D eigenvalue weighted by atomic mass is 32.2. The molecule has 5 aromatic rings. The summed E-state index contributed by atoms with van der Waals surface area (Å²) in [4.78, 5) is 40.2. The number of amides is 3. The number of thioether (sulfide) groups is 1. The van der Waals surface area contributed by atoms with E-state index in [1.807, 2.05) is 30.3 Å². The first-order valence-electron chi connectivity index (χ1n) is 13.6. The Labute approximate surface area is 257 Å². The topological polar surface area (TPSA) is 113 Å². The number of rotatable bonds is 10. The number of benzene rings is 4. The summed E-state index contributed by atoms with van der Waals surface area (Å²) in [5, 5.41) is 11.4. The van der Waals surface area contributed by atoms with Crippen LogP contribution in [0.15, 0.2) is 130 Å². The van der Waals surface area contributed by atoms with E-state index in [1.54, 1.807) is 73.7 Å². The summed E-state index contributed by atoms with van der Waals surface area (Å²) in [6, 6.07) is 32.2. The fourth-order valence-electron chi connectivity index (χ4n) is 4.16. The molecule has 1 atom stereocenters. The zero-order chi connectivity index (χ0) is 30.9. The first-order chi connectivity index (χ1) is 21.4. The van der Waals surface area contributed by atoms with Gasteiger partial charge in [0.05, 0.1) is 0 Å². The number of nitrogens with one attached hydrogen (secondary N) is 3. The van der Waals surface area contributed by atoms with Crippen LogP contribution in [0.4, 0.5) is 15.9 Å². The minimum atomic E-state index is -0.637. The summed E-state index contributed by atoms with van der Waals surface area (Å²) in [5.74, 6) is -1.06. The monoisotopic (exact) mass is 606 g/mol. The fourth-order valence-corrected chi connectivity index (χ4v) is 5.18. The van der Waals surface area contributed by atoms with Gasteiger partial charge in [-0.25, -0.2) is 4.39 Å². The van der Waals surface area contributed by atoms with Crippen LogP contribution in [-0.2, 0) is 9.59 Å². The van der Waals surface area contributed by atoms with E-state index >= 15 is 0 Å². The second-order valence-corrected chi connectivity index (χ2v) is 10.8. The van der Waals surface area contributed by atoms with Crippen molar-refractivity contribution in [2.75, 3.05) is 10.6 Å². The average Bonchev–Trinajstić information content (AvgIpc) is 3.46. The molecule has 0 saturated carbocycles. The predicted molar refractivity (Wildman–Crippen MR) is 168 cm³/mol. The number of hydrogen-bond donors (Lipinski definition) is 3. The SMILES string of the molecule is Cc1cc(NC(=O)C(Sc2ccc(NC(=O)/C(=C/c3ccccc3F)NC(=O)c3ccccc3)cc2)c2ccccc2)no1. The summed E-state index contributed by atoms with van der Waals surface area (Å²) < 4.78 is 19.5. The second-order valence-electron chi connectivity index (χ2n) is 9.60. The molecule has 0 spiro atoms. The number of carbonyl (C=O) groups is 3. The molecule has 0 bridgehead atoms. The third-order valence-corrected chi connectivity index (χ3v) is 7.59. The normalized spacial score (nSPS) is 11.8. The van der Waals surface area contributed by atoms with Crippen LogP contribution >= 0.6 is 11.8 Å². The minimum absolute atomic E-state index is 0.133. The van der Waals surface area contributed by atoms with Crippen molar-refractivity contribution in [2.24, 2.45) is 0 Å². The Morgan fingerprint density at radius 2 is 1.50 bits per heavy atom. The van der Waals surface area contributed by atoms with Gasteiger partial charge in [0.1, 0.15) is 22.5 Å². The van der Waals surface area contributed by atoms with Gasteiger partial charge in [0.25, 0.3) is 11.8 Å². The van der Waals surface area contributed by atoms with E-state index in [0.717, 1.165) is 10.5 Å². The Hall–Kier alpha value is -5.48. The molecule has 1 heterocycles. The summed E-state index contributed by atoms with van der Waals surface area (Å²) in [7, 11) is 0. The Bertz CT molecular complexity index is 1790. The molecule has 0 fully saturated rings. The van der Waals surface area contributed by atoms with E-state index in [4.69, 9.17) is 4.52 Å². The second kappa shape index (κ2) is 14.1. The molecule has 0 aliphatic carbocycles. The van der Waals surface area contributed by atoms with E-state index in [-0.39, 0.29) is 17.2 Å². The van der Waals surface area contributed by atoms with Crippen molar-refractivity contribution < 1.29 is 23.3 Å². The molecule has 4 aromatic carbocycles. The molecule has 220 valence electrons. The van der Waals surface area contributed by atoms with Crippen LogP contribution in [0.3, 0.4) is 0 Å². The van der Waals surface area contributed by atoms with Crippen molar-refractivity contribution in [3.8, 4) is 0 Å². The number of nitrogens with zero attached hydrogens (tertiary/aromatic N) is 1. The van der Waals surface area contributed by atoms with Gasteiger partial charge in [0, 0.05) is 27.8 Å². The molecule has 0 aliphatic heterocycles. The molecule has 3 amide bonds. The Kier molecular flexibility index (Phi) is 9.63. The minimum Gasteiger partial charge on any atom is -0.360 e. The Morgan fingerprint density at radius 3 is 2.16 bits per heavy atom. The standard InChI is InChI=1S/C34H27FN4O4S/c1-22-20-30(39-43-22)38-34(42)31(23-10-4-2-5-11-23)44-27-18-16-26(17-19-27)36-33(41)29(21-25-14-8-9-15-28(25)35)37-32(40)24-12-6-3-7-13-24/h2-21,31H,1H3,(H,36,41)(H,37,40)(H,38,39,42)/b29-21-. The van der Waals surface area contributed by atoms with Gasteiger partial charge < -0.3 is 20.5 Å². The van der Waals surface area contributed by atoms with Crippen molar-refractivity contribution in [3.63, 3.8) is 0 Å². The molecule has 0 aliphatic rings.